The van der Waals surface area contributed by atoms with E-state index in [1.807, 2.05) is 0 Å². The van der Waals surface area contributed by atoms with Crippen LogP contribution in [-0.2, 0) is 0 Å². The quantitative estimate of drug-likeness (QED) is 0.488. The summed E-state index contributed by atoms with van der Waals surface area (Å²) in [7, 11) is 0. The number of aliphatic hydroxyl groups excluding tert-OH is 1. The van der Waals surface area contributed by atoms with Crippen molar-refractivity contribution in [3.63, 3.8) is 0 Å². The molecule has 1 heteroatoms. The molecule has 4 rings (SSSR count). The molecule has 0 heterocycles. The smallest absolute Gasteiger partial charge is 0.0577 e. The fourth-order valence-corrected chi connectivity index (χ4v) is 8.67. The van der Waals surface area contributed by atoms with E-state index < -0.39 is 0 Å². The van der Waals surface area contributed by atoms with Crippen molar-refractivity contribution in [1.29, 1.82) is 0 Å². The maximum Gasteiger partial charge on any atom is 0.0577 e. The zero-order chi connectivity index (χ0) is 20.1. The summed E-state index contributed by atoms with van der Waals surface area (Å²) < 4.78 is 0. The Bertz CT molecular complexity index is 591. The first kappa shape index (κ1) is 21.0. The zero-order valence-corrected chi connectivity index (χ0v) is 19.3. The van der Waals surface area contributed by atoms with Gasteiger partial charge in [0.25, 0.3) is 0 Å². The lowest BCUT2D eigenvalue weighted by Crippen LogP contribution is -2.50. The minimum atomic E-state index is -0.0766. The number of rotatable bonds is 5. The zero-order valence-electron chi connectivity index (χ0n) is 19.3. The first-order chi connectivity index (χ1) is 13.3. The van der Waals surface area contributed by atoms with E-state index in [4.69, 9.17) is 0 Å². The lowest BCUT2D eigenvalue weighted by molar-refractivity contribution is -0.0573. The van der Waals surface area contributed by atoms with Gasteiger partial charge in [-0.05, 0) is 97.7 Å². The fourth-order valence-electron chi connectivity index (χ4n) is 8.67. The van der Waals surface area contributed by atoms with Gasteiger partial charge in [0.05, 0.1) is 6.10 Å². The topological polar surface area (TPSA) is 20.2 Å². The van der Waals surface area contributed by atoms with E-state index in [0.717, 1.165) is 48.3 Å². The molecule has 160 valence electrons. The first-order valence-electron chi connectivity index (χ1n) is 12.6. The fraction of sp³-hybridized carbons (Fsp3) is 0.926. The van der Waals surface area contributed by atoms with Crippen LogP contribution in [0.2, 0.25) is 0 Å². The van der Waals surface area contributed by atoms with Crippen molar-refractivity contribution in [1.82, 2.24) is 0 Å². The van der Waals surface area contributed by atoms with E-state index >= 15 is 0 Å². The number of aliphatic hydroxyl groups is 1. The molecule has 28 heavy (non-hydrogen) atoms. The van der Waals surface area contributed by atoms with Gasteiger partial charge >= 0.3 is 0 Å². The molecule has 0 aromatic carbocycles. The molecule has 3 saturated carbocycles. The van der Waals surface area contributed by atoms with Gasteiger partial charge in [0.15, 0.2) is 0 Å². The summed E-state index contributed by atoms with van der Waals surface area (Å²) in [4.78, 5) is 0. The Balaban J connectivity index is 1.49. The van der Waals surface area contributed by atoms with E-state index in [-0.39, 0.29) is 6.10 Å². The standard InChI is InChI=1S/C27H46O/c1-18(2)7-6-8-19(3)23-11-12-24-22-10-9-20-17-21(28)13-15-26(20,4)25(22)14-16-27(23,24)5/h9,18-19,21-25,28H,6-8,10-17H2,1-5H3/t19?,21-,22?,23+,24-,25-,26?,27?/m0/s1. The summed E-state index contributed by atoms with van der Waals surface area (Å²) >= 11 is 0. The highest BCUT2D eigenvalue weighted by molar-refractivity contribution is 5.25. The van der Waals surface area contributed by atoms with Crippen LogP contribution in [0, 0.1) is 46.3 Å². The van der Waals surface area contributed by atoms with Crippen LogP contribution >= 0.6 is 0 Å². The SMILES string of the molecule is CC(C)CCCC(C)[C@H]1CC[C@H]2C3CC=C4C[C@@H](O)CCC4(C)[C@H]3CCC12C. The number of hydrogen-bond donors (Lipinski definition) is 1. The van der Waals surface area contributed by atoms with Crippen molar-refractivity contribution in [2.45, 2.75) is 111 Å². The molecular weight excluding hydrogens is 340 g/mol. The van der Waals surface area contributed by atoms with Crippen molar-refractivity contribution in [2.75, 3.05) is 0 Å². The monoisotopic (exact) mass is 386 g/mol. The van der Waals surface area contributed by atoms with Crippen LogP contribution in [0.5, 0.6) is 0 Å². The molecule has 0 spiro atoms. The largest absolute Gasteiger partial charge is 0.393 e. The Hall–Kier alpha value is -0.300. The van der Waals surface area contributed by atoms with Gasteiger partial charge in [-0.1, -0.05) is 65.5 Å². The average Bonchev–Trinajstić information content (AvgIpc) is 2.99. The lowest BCUT2D eigenvalue weighted by Gasteiger charge is -2.58. The third-order valence-corrected chi connectivity index (χ3v) is 10.3. The number of allylic oxidation sites excluding steroid dienone is 1. The minimum Gasteiger partial charge on any atom is -0.393 e. The van der Waals surface area contributed by atoms with Crippen LogP contribution in [0.1, 0.15) is 105 Å². The summed E-state index contributed by atoms with van der Waals surface area (Å²) in [6, 6.07) is 0. The third kappa shape index (κ3) is 3.42. The van der Waals surface area contributed by atoms with Crippen molar-refractivity contribution in [2.24, 2.45) is 46.3 Å². The second-order valence-corrected chi connectivity index (χ2v) is 12.2. The third-order valence-electron chi connectivity index (χ3n) is 10.3. The van der Waals surface area contributed by atoms with Gasteiger partial charge in [0.2, 0.25) is 0 Å². The molecule has 0 aromatic rings. The normalized spacial score (nSPS) is 46.5. The molecule has 1 nitrogen and oxygen atoms in total. The van der Waals surface area contributed by atoms with Crippen LogP contribution in [0.3, 0.4) is 0 Å². The van der Waals surface area contributed by atoms with Gasteiger partial charge in [-0.15, -0.1) is 0 Å². The van der Waals surface area contributed by atoms with Crippen LogP contribution in [-0.4, -0.2) is 11.2 Å². The molecule has 0 radical (unpaired) electrons. The van der Waals surface area contributed by atoms with Gasteiger partial charge in [-0.3, -0.25) is 0 Å². The Morgan fingerprint density at radius 2 is 1.79 bits per heavy atom. The van der Waals surface area contributed by atoms with E-state index in [2.05, 4.69) is 40.7 Å². The van der Waals surface area contributed by atoms with Crippen LogP contribution in [0.4, 0.5) is 0 Å². The van der Waals surface area contributed by atoms with Crippen LogP contribution < -0.4 is 0 Å². The summed E-state index contributed by atoms with van der Waals surface area (Å²) in [6.07, 6.45) is 17.2. The summed E-state index contributed by atoms with van der Waals surface area (Å²) in [5.74, 6) is 5.46. The van der Waals surface area contributed by atoms with E-state index in [0.29, 0.717) is 10.8 Å². The average molecular weight is 387 g/mol. The minimum absolute atomic E-state index is 0.0766. The second-order valence-electron chi connectivity index (χ2n) is 12.2. The highest BCUT2D eigenvalue weighted by Crippen LogP contribution is 2.67. The van der Waals surface area contributed by atoms with Crippen molar-refractivity contribution < 1.29 is 5.11 Å². The Kier molecular flexibility index (Phi) is 5.80. The molecule has 4 aliphatic rings. The highest BCUT2D eigenvalue weighted by Gasteiger charge is 2.59. The molecule has 0 saturated heterocycles. The maximum absolute atomic E-state index is 10.2. The molecule has 0 aromatic heterocycles. The van der Waals surface area contributed by atoms with E-state index in [1.54, 1.807) is 5.57 Å². The van der Waals surface area contributed by atoms with E-state index in [1.165, 1.54) is 57.8 Å². The second kappa shape index (κ2) is 7.75. The van der Waals surface area contributed by atoms with Crippen molar-refractivity contribution in [3.8, 4) is 0 Å². The van der Waals surface area contributed by atoms with Gasteiger partial charge in [-0.25, -0.2) is 0 Å². The lowest BCUT2D eigenvalue weighted by atomic mass is 9.47. The van der Waals surface area contributed by atoms with Crippen LogP contribution in [0.25, 0.3) is 0 Å². The molecule has 3 fully saturated rings. The molecular formula is C27H46O. The van der Waals surface area contributed by atoms with Gasteiger partial charge in [-0.2, -0.15) is 0 Å². The van der Waals surface area contributed by atoms with Gasteiger partial charge in [0, 0.05) is 0 Å². The van der Waals surface area contributed by atoms with Gasteiger partial charge in [0.1, 0.15) is 0 Å². The summed E-state index contributed by atoms with van der Waals surface area (Å²) in [5, 5.41) is 10.2. The van der Waals surface area contributed by atoms with Gasteiger partial charge < -0.3 is 5.11 Å². The predicted octanol–water partition coefficient (Wildman–Crippen LogP) is 7.39. The van der Waals surface area contributed by atoms with Crippen molar-refractivity contribution >= 4 is 0 Å². The molecule has 0 amide bonds. The number of hydrogen-bond acceptors (Lipinski definition) is 1. The predicted molar refractivity (Wildman–Crippen MR) is 119 cm³/mol. The molecule has 4 unspecified atom stereocenters. The highest BCUT2D eigenvalue weighted by atomic mass is 16.3. The van der Waals surface area contributed by atoms with Crippen LogP contribution in [0.15, 0.2) is 11.6 Å². The van der Waals surface area contributed by atoms with E-state index in [9.17, 15) is 5.11 Å². The number of fused-ring (bicyclic) bond motifs is 5. The first-order valence-corrected chi connectivity index (χ1v) is 12.6. The Morgan fingerprint density at radius 3 is 2.54 bits per heavy atom. The molecule has 0 aliphatic heterocycles. The summed E-state index contributed by atoms with van der Waals surface area (Å²) in [5.41, 5.74) is 2.60. The molecule has 8 atom stereocenters. The Labute approximate surface area is 174 Å². The van der Waals surface area contributed by atoms with Crippen molar-refractivity contribution in [3.05, 3.63) is 11.6 Å². The molecule has 0 bridgehead atoms. The molecule has 1 N–H and O–H groups in total. The summed E-state index contributed by atoms with van der Waals surface area (Å²) in [6.45, 7) is 12.6. The Morgan fingerprint density at radius 1 is 1.00 bits per heavy atom. The maximum atomic E-state index is 10.2. The molecule has 4 aliphatic carbocycles.